The molecule has 0 radical (unpaired) electrons. The Morgan fingerprint density at radius 2 is 1.40 bits per heavy atom. The maximum Gasteiger partial charge on any atom is 0.0701 e. The van der Waals surface area contributed by atoms with Gasteiger partial charge in [0.15, 0.2) is 0 Å². The van der Waals surface area contributed by atoms with Crippen LogP contribution in [0.3, 0.4) is 0 Å². The second-order valence-electron chi connectivity index (χ2n) is 2.09. The Morgan fingerprint density at radius 1 is 0.933 bits per heavy atom. The molecule has 0 saturated carbocycles. The third-order valence-corrected chi connectivity index (χ3v) is 1.08. The van der Waals surface area contributed by atoms with Crippen LogP contribution in [0.4, 0.5) is 0 Å². The van der Waals surface area contributed by atoms with Crippen LogP contribution < -0.4 is 5.73 Å². The average molecular weight is 225 g/mol. The third-order valence-electron chi connectivity index (χ3n) is 1.08. The maximum atomic E-state index is 8.38. The second-order valence-corrected chi connectivity index (χ2v) is 2.09. The van der Waals surface area contributed by atoms with Crippen molar-refractivity contribution in [2.45, 2.75) is 34.1 Å². The standard InChI is InChI=1S/C7H17NO3.2C2H6.H2/c8-2-5-11-7-6-10-4-1-3-9;2*1-2;/h9H,1-8H2;2*1-2H3;1H. The van der Waals surface area contributed by atoms with Crippen LogP contribution in [-0.4, -0.2) is 44.7 Å². The molecule has 0 bridgehead atoms. The molecule has 98 valence electrons. The second kappa shape index (κ2) is 29.2. The first-order valence-corrected chi connectivity index (χ1v) is 5.88. The summed E-state index contributed by atoms with van der Waals surface area (Å²) < 4.78 is 10.1. The lowest BCUT2D eigenvalue weighted by atomic mass is 10.5. The van der Waals surface area contributed by atoms with Crippen molar-refractivity contribution in [2.24, 2.45) is 5.73 Å². The van der Waals surface area contributed by atoms with Gasteiger partial charge in [0.25, 0.3) is 0 Å². The minimum atomic E-state index is 0. The molecule has 0 rings (SSSR count). The Balaban J connectivity index is -0.000000129. The summed E-state index contributed by atoms with van der Waals surface area (Å²) in [5.74, 6) is 0. The van der Waals surface area contributed by atoms with Crippen LogP contribution in [0.2, 0.25) is 0 Å². The van der Waals surface area contributed by atoms with Gasteiger partial charge in [0, 0.05) is 21.2 Å². The van der Waals surface area contributed by atoms with Gasteiger partial charge in [0.05, 0.1) is 19.8 Å². The lowest BCUT2D eigenvalue weighted by molar-refractivity contribution is 0.0453. The molecule has 0 aromatic rings. The van der Waals surface area contributed by atoms with Gasteiger partial charge < -0.3 is 20.3 Å². The number of aliphatic hydroxyl groups is 1. The van der Waals surface area contributed by atoms with E-state index in [2.05, 4.69) is 0 Å². The van der Waals surface area contributed by atoms with E-state index in [1.165, 1.54) is 0 Å². The SMILES string of the molecule is CC.CC.NCCOCCOCCCO.[HH]. The van der Waals surface area contributed by atoms with Crippen molar-refractivity contribution < 1.29 is 16.0 Å². The number of ether oxygens (including phenoxy) is 2. The zero-order chi connectivity index (χ0) is 12.4. The van der Waals surface area contributed by atoms with Crippen LogP contribution in [0.25, 0.3) is 0 Å². The Hall–Kier alpha value is -0.160. The molecule has 0 aliphatic heterocycles. The smallest absolute Gasteiger partial charge is 0.0701 e. The van der Waals surface area contributed by atoms with E-state index in [1.807, 2.05) is 27.7 Å². The topological polar surface area (TPSA) is 64.7 Å². The lowest BCUT2D eigenvalue weighted by Gasteiger charge is -2.03. The number of rotatable bonds is 8. The highest BCUT2D eigenvalue weighted by Gasteiger charge is 1.87. The summed E-state index contributed by atoms with van der Waals surface area (Å²) >= 11 is 0. The van der Waals surface area contributed by atoms with E-state index in [4.69, 9.17) is 20.3 Å². The summed E-state index contributed by atoms with van der Waals surface area (Å²) in [4.78, 5) is 0. The summed E-state index contributed by atoms with van der Waals surface area (Å²) in [5.41, 5.74) is 5.19. The molecule has 0 atom stereocenters. The van der Waals surface area contributed by atoms with Gasteiger partial charge in [-0.15, -0.1) is 0 Å². The van der Waals surface area contributed by atoms with E-state index in [0.717, 1.165) is 0 Å². The Bertz CT molecular complexity index is 70.3. The van der Waals surface area contributed by atoms with E-state index in [9.17, 15) is 0 Å². The summed E-state index contributed by atoms with van der Waals surface area (Å²) in [6, 6.07) is 0. The zero-order valence-electron chi connectivity index (χ0n) is 10.8. The minimum Gasteiger partial charge on any atom is -0.396 e. The maximum absolute atomic E-state index is 8.38. The van der Waals surface area contributed by atoms with E-state index in [0.29, 0.717) is 39.4 Å². The van der Waals surface area contributed by atoms with Gasteiger partial charge in [0.1, 0.15) is 0 Å². The van der Waals surface area contributed by atoms with E-state index in [-0.39, 0.29) is 8.03 Å². The van der Waals surface area contributed by atoms with Crippen LogP contribution in [0, 0.1) is 0 Å². The molecule has 0 amide bonds. The Kier molecular flexibility index (Phi) is 39.5. The fraction of sp³-hybridized carbons (Fsp3) is 1.00. The number of hydrogen-bond donors (Lipinski definition) is 2. The lowest BCUT2D eigenvalue weighted by Crippen LogP contribution is -2.12. The third kappa shape index (κ3) is 31.6. The molecule has 4 nitrogen and oxygen atoms in total. The van der Waals surface area contributed by atoms with E-state index < -0.39 is 0 Å². The molecule has 0 fully saturated rings. The minimum absolute atomic E-state index is 0. The van der Waals surface area contributed by atoms with Crippen molar-refractivity contribution >= 4 is 0 Å². The quantitative estimate of drug-likeness (QED) is 0.617. The highest BCUT2D eigenvalue weighted by atomic mass is 16.5. The number of nitrogens with two attached hydrogens (primary N) is 1. The Labute approximate surface area is 96.2 Å². The molecule has 0 aromatic heterocycles. The van der Waals surface area contributed by atoms with Crippen molar-refractivity contribution in [1.82, 2.24) is 0 Å². The first kappa shape index (κ1) is 20.3. The molecule has 0 saturated heterocycles. The van der Waals surface area contributed by atoms with Crippen LogP contribution in [0.5, 0.6) is 0 Å². The summed E-state index contributed by atoms with van der Waals surface area (Å²) in [5, 5.41) is 8.38. The predicted molar refractivity (Wildman–Crippen MR) is 67.2 cm³/mol. The van der Waals surface area contributed by atoms with Crippen molar-refractivity contribution in [1.29, 1.82) is 0 Å². The molecule has 0 aromatic carbocycles. The summed E-state index contributed by atoms with van der Waals surface area (Å²) in [6.45, 7) is 11.1. The molecule has 15 heavy (non-hydrogen) atoms. The van der Waals surface area contributed by atoms with Gasteiger partial charge in [0.2, 0.25) is 0 Å². The van der Waals surface area contributed by atoms with Crippen LogP contribution in [-0.2, 0) is 9.47 Å². The van der Waals surface area contributed by atoms with Gasteiger partial charge in [-0.3, -0.25) is 0 Å². The normalized spacial score (nSPS) is 8.40. The van der Waals surface area contributed by atoms with E-state index in [1.54, 1.807) is 0 Å². The van der Waals surface area contributed by atoms with Crippen LogP contribution in [0.15, 0.2) is 0 Å². The summed E-state index contributed by atoms with van der Waals surface area (Å²) in [6.07, 6.45) is 0.691. The van der Waals surface area contributed by atoms with Crippen LogP contribution in [0.1, 0.15) is 35.5 Å². The fourth-order valence-electron chi connectivity index (χ4n) is 0.572. The van der Waals surface area contributed by atoms with Gasteiger partial charge >= 0.3 is 0 Å². The van der Waals surface area contributed by atoms with Gasteiger partial charge in [-0.05, 0) is 6.42 Å². The first-order chi connectivity index (χ1) is 7.41. The van der Waals surface area contributed by atoms with E-state index >= 15 is 0 Å². The predicted octanol–water partition coefficient (Wildman–Crippen LogP) is 1.66. The molecule has 0 spiro atoms. The molecule has 0 aliphatic rings. The largest absolute Gasteiger partial charge is 0.396 e. The molecule has 4 heteroatoms. The molecule has 3 N–H and O–H groups in total. The number of hydrogen-bond acceptors (Lipinski definition) is 4. The van der Waals surface area contributed by atoms with Gasteiger partial charge in [-0.1, -0.05) is 27.7 Å². The molecular weight excluding hydrogens is 194 g/mol. The van der Waals surface area contributed by atoms with Crippen molar-refractivity contribution in [3.63, 3.8) is 0 Å². The average Bonchev–Trinajstić information content (AvgIpc) is 2.33. The molecular formula is C11H31NO3. The molecule has 0 unspecified atom stereocenters. The van der Waals surface area contributed by atoms with Crippen LogP contribution >= 0.6 is 0 Å². The van der Waals surface area contributed by atoms with Crippen molar-refractivity contribution in [3.05, 3.63) is 0 Å². The van der Waals surface area contributed by atoms with Gasteiger partial charge in [-0.25, -0.2) is 0 Å². The molecule has 0 heterocycles. The molecule has 0 aliphatic carbocycles. The van der Waals surface area contributed by atoms with Crippen molar-refractivity contribution in [2.75, 3.05) is 39.6 Å². The highest BCUT2D eigenvalue weighted by molar-refractivity contribution is 4.34. The monoisotopic (exact) mass is 225 g/mol. The first-order valence-electron chi connectivity index (χ1n) is 5.88. The summed E-state index contributed by atoms with van der Waals surface area (Å²) in [7, 11) is 0. The highest BCUT2D eigenvalue weighted by Crippen LogP contribution is 1.81. The number of aliphatic hydroxyl groups excluding tert-OH is 1. The Morgan fingerprint density at radius 3 is 1.80 bits per heavy atom. The van der Waals surface area contributed by atoms with Crippen molar-refractivity contribution in [3.8, 4) is 0 Å². The van der Waals surface area contributed by atoms with Gasteiger partial charge in [-0.2, -0.15) is 0 Å². The fourth-order valence-corrected chi connectivity index (χ4v) is 0.572. The zero-order valence-corrected chi connectivity index (χ0v) is 10.8.